The van der Waals surface area contributed by atoms with Gasteiger partial charge in [-0.25, -0.2) is 26.7 Å². The Morgan fingerprint density at radius 1 is 1.23 bits per heavy atom. The van der Waals surface area contributed by atoms with Crippen LogP contribution in [0.5, 0.6) is 0 Å². The van der Waals surface area contributed by atoms with Crippen molar-refractivity contribution in [2.45, 2.75) is 42.5 Å². The Labute approximate surface area is 150 Å². The smallest absolute Gasteiger partial charge is 0.335 e. The molecule has 1 fully saturated rings. The second kappa shape index (κ2) is 7.67. The van der Waals surface area contributed by atoms with Gasteiger partial charge in [-0.1, -0.05) is 0 Å². The number of carbonyl (C=O) groups excluding carboxylic acids is 1. The highest BCUT2D eigenvalue weighted by molar-refractivity contribution is 7.89. The van der Waals surface area contributed by atoms with Gasteiger partial charge in [-0.3, -0.25) is 4.79 Å². The lowest BCUT2D eigenvalue weighted by molar-refractivity contribution is -0.133. The zero-order valence-corrected chi connectivity index (χ0v) is 14.9. The molecule has 0 saturated heterocycles. The van der Waals surface area contributed by atoms with E-state index in [0.717, 1.165) is 24.3 Å². The van der Waals surface area contributed by atoms with Gasteiger partial charge in [-0.15, -0.1) is 0 Å². The maximum Gasteiger partial charge on any atom is 0.335 e. The average Bonchev–Trinajstić information content (AvgIpc) is 2.59. The van der Waals surface area contributed by atoms with Gasteiger partial charge in [0, 0.05) is 25.9 Å². The van der Waals surface area contributed by atoms with Crippen LogP contribution in [0.4, 0.5) is 8.78 Å². The van der Waals surface area contributed by atoms with E-state index in [2.05, 4.69) is 4.72 Å². The van der Waals surface area contributed by atoms with E-state index in [1.807, 2.05) is 0 Å². The minimum absolute atomic E-state index is 0.0612. The van der Waals surface area contributed by atoms with Crippen LogP contribution in [0.3, 0.4) is 0 Å². The Hall–Kier alpha value is -2.07. The molecule has 1 aromatic rings. The predicted octanol–water partition coefficient (Wildman–Crippen LogP) is 1.70. The maximum absolute atomic E-state index is 13.2. The average molecular weight is 390 g/mol. The second-order valence-electron chi connectivity index (χ2n) is 6.25. The van der Waals surface area contributed by atoms with Crippen LogP contribution in [0.2, 0.25) is 0 Å². The van der Waals surface area contributed by atoms with Gasteiger partial charge in [0.15, 0.2) is 0 Å². The Bertz CT molecular complexity index is 770. The molecule has 26 heavy (non-hydrogen) atoms. The first-order valence-electron chi connectivity index (χ1n) is 7.98. The van der Waals surface area contributed by atoms with Crippen LogP contribution in [0.1, 0.15) is 36.0 Å². The number of carboxylic acid groups (broad SMARTS) is 1. The summed E-state index contributed by atoms with van der Waals surface area (Å²) in [4.78, 5) is 24.1. The fraction of sp³-hybridized carbons (Fsp3) is 0.500. The normalized spacial score (nSPS) is 17.7. The highest BCUT2D eigenvalue weighted by atomic mass is 32.2. The molecule has 144 valence electrons. The van der Waals surface area contributed by atoms with Crippen molar-refractivity contribution in [2.75, 3.05) is 13.6 Å². The molecule has 1 saturated carbocycles. The monoisotopic (exact) mass is 390 g/mol. The Kier molecular flexibility index (Phi) is 5.97. The third-order valence-electron chi connectivity index (χ3n) is 4.45. The van der Waals surface area contributed by atoms with Gasteiger partial charge in [0.25, 0.3) is 0 Å². The number of amides is 1. The number of benzene rings is 1. The number of carbonyl (C=O) groups is 2. The zero-order chi connectivity index (χ0) is 19.5. The number of alkyl halides is 2. The van der Waals surface area contributed by atoms with Crippen LogP contribution < -0.4 is 4.72 Å². The number of likely N-dealkylation sites (N-methyl/N-ethyl adjacent to an activating group) is 1. The van der Waals surface area contributed by atoms with Gasteiger partial charge in [0.05, 0.1) is 17.0 Å². The van der Waals surface area contributed by atoms with E-state index in [1.54, 1.807) is 0 Å². The minimum Gasteiger partial charge on any atom is -0.478 e. The summed E-state index contributed by atoms with van der Waals surface area (Å²) in [5.41, 5.74) is -0.0612. The first-order chi connectivity index (χ1) is 12.0. The number of nitrogens with zero attached hydrogens (tertiary/aromatic N) is 1. The quantitative estimate of drug-likeness (QED) is 0.769. The number of halogens is 2. The molecular formula is C16H20F2N2O5S. The molecule has 1 amide bonds. The van der Waals surface area contributed by atoms with Gasteiger partial charge in [0.2, 0.25) is 21.9 Å². The van der Waals surface area contributed by atoms with Gasteiger partial charge in [-0.2, -0.15) is 0 Å². The molecule has 10 heteroatoms. The summed E-state index contributed by atoms with van der Waals surface area (Å²) in [7, 11) is -2.53. The molecule has 0 heterocycles. The number of aromatic carboxylic acids is 1. The Balaban J connectivity index is 1.94. The highest BCUT2D eigenvalue weighted by Gasteiger charge is 2.37. The van der Waals surface area contributed by atoms with Gasteiger partial charge < -0.3 is 10.0 Å². The van der Waals surface area contributed by atoms with E-state index >= 15 is 0 Å². The maximum atomic E-state index is 13.2. The van der Waals surface area contributed by atoms with Gasteiger partial charge in [-0.05, 0) is 37.1 Å². The van der Waals surface area contributed by atoms with Crippen molar-refractivity contribution < 1.29 is 31.9 Å². The highest BCUT2D eigenvalue weighted by Crippen LogP contribution is 2.34. The lowest BCUT2D eigenvalue weighted by Crippen LogP contribution is -2.45. The third kappa shape index (κ3) is 4.98. The van der Waals surface area contributed by atoms with Crippen molar-refractivity contribution in [1.82, 2.24) is 9.62 Å². The molecule has 2 rings (SSSR count). The van der Waals surface area contributed by atoms with Crippen LogP contribution in [0, 0.1) is 0 Å². The number of carboxylic acids is 1. The number of rotatable bonds is 6. The number of hydrogen-bond acceptors (Lipinski definition) is 4. The minimum atomic E-state index is -3.99. The molecule has 0 spiro atoms. The molecule has 1 aliphatic rings. The van der Waals surface area contributed by atoms with Crippen molar-refractivity contribution in [1.29, 1.82) is 0 Å². The largest absolute Gasteiger partial charge is 0.478 e. The number of hydrogen-bond donors (Lipinski definition) is 2. The number of sulfonamides is 1. The molecule has 0 aliphatic heterocycles. The topological polar surface area (TPSA) is 104 Å². The van der Waals surface area contributed by atoms with Gasteiger partial charge >= 0.3 is 5.97 Å². The van der Waals surface area contributed by atoms with Crippen LogP contribution in [0.25, 0.3) is 0 Å². The van der Waals surface area contributed by atoms with E-state index in [4.69, 9.17) is 5.11 Å². The molecule has 7 nitrogen and oxygen atoms in total. The van der Waals surface area contributed by atoms with Crippen LogP contribution in [0.15, 0.2) is 29.2 Å². The van der Waals surface area contributed by atoms with Crippen molar-refractivity contribution in [3.63, 3.8) is 0 Å². The molecular weight excluding hydrogens is 370 g/mol. The fourth-order valence-electron chi connectivity index (χ4n) is 2.76. The van der Waals surface area contributed by atoms with E-state index in [-0.39, 0.29) is 42.2 Å². The summed E-state index contributed by atoms with van der Waals surface area (Å²) in [6.45, 7) is -0.508. The van der Waals surface area contributed by atoms with E-state index in [1.165, 1.54) is 11.9 Å². The summed E-state index contributed by atoms with van der Waals surface area (Å²) >= 11 is 0. The third-order valence-corrected chi connectivity index (χ3v) is 5.87. The summed E-state index contributed by atoms with van der Waals surface area (Å²) in [6.07, 6.45) is -0.259. The zero-order valence-electron chi connectivity index (χ0n) is 14.1. The standard InChI is InChI=1S/C16H20F2N2O5S/c1-20(12-6-8-16(17,18)9-7-12)14(21)10-19-26(24,25)13-4-2-11(3-5-13)15(22)23/h2-5,12,19H,6-10H2,1H3,(H,22,23). The van der Waals surface area contributed by atoms with Crippen molar-refractivity contribution in [3.8, 4) is 0 Å². The molecule has 0 radical (unpaired) electrons. The fourth-order valence-corrected chi connectivity index (χ4v) is 3.73. The summed E-state index contributed by atoms with van der Waals surface area (Å²) in [5.74, 6) is -4.41. The van der Waals surface area contributed by atoms with Gasteiger partial charge in [0.1, 0.15) is 0 Å². The van der Waals surface area contributed by atoms with Crippen LogP contribution in [-0.4, -0.2) is 55.9 Å². The van der Waals surface area contributed by atoms with Crippen molar-refractivity contribution in [2.24, 2.45) is 0 Å². The molecule has 1 aliphatic carbocycles. The molecule has 2 N–H and O–H groups in total. The van der Waals surface area contributed by atoms with Crippen molar-refractivity contribution >= 4 is 21.9 Å². The first-order valence-corrected chi connectivity index (χ1v) is 9.47. The molecule has 0 atom stereocenters. The summed E-state index contributed by atoms with van der Waals surface area (Å²) in [5, 5.41) is 8.81. The number of nitrogens with one attached hydrogen (secondary N) is 1. The summed E-state index contributed by atoms with van der Waals surface area (Å²) < 4.78 is 52.9. The van der Waals surface area contributed by atoms with Crippen molar-refractivity contribution in [3.05, 3.63) is 29.8 Å². The second-order valence-corrected chi connectivity index (χ2v) is 8.01. The molecule has 0 aromatic heterocycles. The lowest BCUT2D eigenvalue weighted by atomic mass is 9.91. The molecule has 0 bridgehead atoms. The van der Waals surface area contributed by atoms with Crippen LogP contribution in [-0.2, 0) is 14.8 Å². The first kappa shape index (κ1) is 20.2. The predicted molar refractivity (Wildman–Crippen MR) is 88.6 cm³/mol. The Morgan fingerprint density at radius 2 is 1.77 bits per heavy atom. The van der Waals surface area contributed by atoms with Crippen LogP contribution >= 0.6 is 0 Å². The van der Waals surface area contributed by atoms with E-state index in [0.29, 0.717) is 0 Å². The van der Waals surface area contributed by atoms with E-state index in [9.17, 15) is 26.8 Å². The summed E-state index contributed by atoms with van der Waals surface area (Å²) in [6, 6.07) is 4.20. The lowest BCUT2D eigenvalue weighted by Gasteiger charge is -2.34. The molecule has 1 aromatic carbocycles. The SMILES string of the molecule is CN(C(=O)CNS(=O)(=O)c1ccc(C(=O)O)cc1)C1CCC(F)(F)CC1. The Morgan fingerprint density at radius 3 is 2.27 bits per heavy atom. The molecule has 0 unspecified atom stereocenters. The van der Waals surface area contributed by atoms with E-state index < -0.39 is 34.4 Å².